The van der Waals surface area contributed by atoms with E-state index in [9.17, 15) is 0 Å². The minimum absolute atomic E-state index is 0.104. The molecule has 3 nitrogen and oxygen atoms in total. The minimum atomic E-state index is -0.104. The van der Waals surface area contributed by atoms with E-state index >= 15 is 0 Å². The molecule has 1 aromatic carbocycles. The monoisotopic (exact) mass is 257 g/mol. The summed E-state index contributed by atoms with van der Waals surface area (Å²) in [5, 5.41) is 4.46. The molecule has 1 heterocycles. The maximum Gasteiger partial charge on any atom is 0.0647 e. The number of hydrogen-bond acceptors (Lipinski definition) is 2. The zero-order valence-electron chi connectivity index (χ0n) is 12.7. The van der Waals surface area contributed by atoms with Crippen LogP contribution in [-0.4, -0.2) is 9.78 Å². The molecular formula is C16H23N3. The highest BCUT2D eigenvalue weighted by atomic mass is 15.3. The van der Waals surface area contributed by atoms with E-state index in [1.54, 1.807) is 0 Å². The Morgan fingerprint density at radius 1 is 1.00 bits per heavy atom. The van der Waals surface area contributed by atoms with Crippen molar-refractivity contribution in [3.8, 4) is 0 Å². The summed E-state index contributed by atoms with van der Waals surface area (Å²) >= 11 is 0. The fourth-order valence-electron chi connectivity index (χ4n) is 2.71. The molecule has 0 bridgehead atoms. The number of aromatic nitrogens is 2. The van der Waals surface area contributed by atoms with Crippen LogP contribution in [0.3, 0.4) is 0 Å². The molecule has 0 saturated carbocycles. The smallest absolute Gasteiger partial charge is 0.0647 e. The Morgan fingerprint density at radius 3 is 2.11 bits per heavy atom. The van der Waals surface area contributed by atoms with Gasteiger partial charge in [0, 0.05) is 18.3 Å². The predicted octanol–water partition coefficient (Wildman–Crippen LogP) is 3.01. The molecule has 1 aromatic heterocycles. The second-order valence-corrected chi connectivity index (χ2v) is 5.48. The van der Waals surface area contributed by atoms with Crippen LogP contribution < -0.4 is 5.73 Å². The molecule has 0 spiro atoms. The van der Waals surface area contributed by atoms with Crippen molar-refractivity contribution >= 4 is 0 Å². The molecule has 0 radical (unpaired) electrons. The second-order valence-electron chi connectivity index (χ2n) is 5.48. The molecule has 2 N–H and O–H groups in total. The van der Waals surface area contributed by atoms with Crippen LogP contribution in [0, 0.1) is 34.6 Å². The van der Waals surface area contributed by atoms with E-state index in [2.05, 4.69) is 44.9 Å². The van der Waals surface area contributed by atoms with Crippen molar-refractivity contribution in [3.63, 3.8) is 0 Å². The lowest BCUT2D eigenvalue weighted by molar-refractivity contribution is 0.728. The highest BCUT2D eigenvalue weighted by molar-refractivity contribution is 5.44. The van der Waals surface area contributed by atoms with Crippen molar-refractivity contribution in [1.29, 1.82) is 0 Å². The molecule has 2 rings (SSSR count). The number of nitrogens with zero attached hydrogens (tertiary/aromatic N) is 2. The van der Waals surface area contributed by atoms with Crippen LogP contribution in [0.4, 0.5) is 0 Å². The van der Waals surface area contributed by atoms with E-state index in [1.165, 1.54) is 22.3 Å². The van der Waals surface area contributed by atoms with Crippen molar-refractivity contribution in [2.24, 2.45) is 12.8 Å². The van der Waals surface area contributed by atoms with Crippen LogP contribution in [0.1, 0.15) is 45.2 Å². The molecule has 0 saturated heterocycles. The summed E-state index contributed by atoms with van der Waals surface area (Å²) in [4.78, 5) is 0. The summed E-state index contributed by atoms with van der Waals surface area (Å²) in [6.45, 7) is 10.5. The molecule has 0 aliphatic rings. The first-order valence-electron chi connectivity index (χ1n) is 6.66. The molecule has 3 heteroatoms. The van der Waals surface area contributed by atoms with Crippen LogP contribution in [0.5, 0.6) is 0 Å². The van der Waals surface area contributed by atoms with E-state index in [0.717, 1.165) is 17.0 Å². The highest BCUT2D eigenvalue weighted by Crippen LogP contribution is 2.29. The van der Waals surface area contributed by atoms with E-state index in [1.807, 2.05) is 18.7 Å². The molecule has 0 amide bonds. The van der Waals surface area contributed by atoms with Crippen LogP contribution in [-0.2, 0) is 7.05 Å². The van der Waals surface area contributed by atoms with Crippen molar-refractivity contribution in [1.82, 2.24) is 9.78 Å². The van der Waals surface area contributed by atoms with E-state index in [4.69, 9.17) is 5.73 Å². The van der Waals surface area contributed by atoms with Crippen molar-refractivity contribution in [2.75, 3.05) is 0 Å². The zero-order valence-corrected chi connectivity index (χ0v) is 12.7. The summed E-state index contributed by atoms with van der Waals surface area (Å²) in [6.07, 6.45) is 0. The van der Waals surface area contributed by atoms with E-state index < -0.39 is 0 Å². The first-order valence-corrected chi connectivity index (χ1v) is 6.66. The SMILES string of the molecule is Cc1cc(C)c(C(N)c2c(C)nn(C)c2C)cc1C. The minimum Gasteiger partial charge on any atom is -0.320 e. The molecule has 102 valence electrons. The Labute approximate surface area is 115 Å². The third-order valence-electron chi connectivity index (χ3n) is 4.09. The zero-order chi connectivity index (χ0) is 14.3. The molecule has 1 unspecified atom stereocenters. The number of nitrogens with two attached hydrogens (primary N) is 1. The first-order chi connectivity index (χ1) is 8.82. The normalized spacial score (nSPS) is 12.8. The fourth-order valence-corrected chi connectivity index (χ4v) is 2.71. The molecular weight excluding hydrogens is 234 g/mol. The Kier molecular flexibility index (Phi) is 3.50. The lowest BCUT2D eigenvalue weighted by Gasteiger charge is -2.17. The molecule has 0 aliphatic heterocycles. The number of benzene rings is 1. The van der Waals surface area contributed by atoms with Crippen LogP contribution >= 0.6 is 0 Å². The Balaban J connectivity index is 2.56. The van der Waals surface area contributed by atoms with Gasteiger partial charge in [0.15, 0.2) is 0 Å². The van der Waals surface area contributed by atoms with Gasteiger partial charge in [0.1, 0.15) is 0 Å². The largest absolute Gasteiger partial charge is 0.320 e. The number of aryl methyl sites for hydroxylation is 5. The van der Waals surface area contributed by atoms with E-state index in [0.29, 0.717) is 0 Å². The van der Waals surface area contributed by atoms with E-state index in [-0.39, 0.29) is 6.04 Å². The Morgan fingerprint density at radius 2 is 1.58 bits per heavy atom. The average molecular weight is 257 g/mol. The maximum absolute atomic E-state index is 6.50. The average Bonchev–Trinajstić information content (AvgIpc) is 2.57. The van der Waals surface area contributed by atoms with Crippen LogP contribution in [0.2, 0.25) is 0 Å². The number of rotatable bonds is 2. The third kappa shape index (κ3) is 2.30. The van der Waals surface area contributed by atoms with Crippen LogP contribution in [0.15, 0.2) is 12.1 Å². The Bertz CT molecular complexity index is 623. The molecule has 19 heavy (non-hydrogen) atoms. The van der Waals surface area contributed by atoms with Gasteiger partial charge in [-0.3, -0.25) is 4.68 Å². The molecule has 1 atom stereocenters. The topological polar surface area (TPSA) is 43.8 Å². The van der Waals surface area contributed by atoms with Gasteiger partial charge in [-0.15, -0.1) is 0 Å². The van der Waals surface area contributed by atoms with Gasteiger partial charge in [-0.1, -0.05) is 12.1 Å². The lowest BCUT2D eigenvalue weighted by atomic mass is 9.91. The standard InChI is InChI=1S/C16H23N3/c1-9-7-11(3)14(8-10(9)2)16(17)15-12(4)18-19(6)13(15)5/h7-8,16H,17H2,1-6H3. The fraction of sp³-hybridized carbons (Fsp3) is 0.438. The Hall–Kier alpha value is -1.61. The predicted molar refractivity (Wildman–Crippen MR) is 79.4 cm³/mol. The first kappa shape index (κ1) is 13.8. The molecule has 0 aliphatic carbocycles. The number of hydrogen-bond donors (Lipinski definition) is 1. The van der Waals surface area contributed by atoms with Crippen molar-refractivity contribution in [3.05, 3.63) is 51.3 Å². The summed E-state index contributed by atoms with van der Waals surface area (Å²) in [7, 11) is 1.96. The lowest BCUT2D eigenvalue weighted by Crippen LogP contribution is -2.15. The molecule has 0 fully saturated rings. The van der Waals surface area contributed by atoms with Gasteiger partial charge < -0.3 is 5.73 Å². The summed E-state index contributed by atoms with van der Waals surface area (Å²) in [5.41, 5.74) is 14.9. The highest BCUT2D eigenvalue weighted by Gasteiger charge is 2.20. The maximum atomic E-state index is 6.50. The van der Waals surface area contributed by atoms with Gasteiger partial charge in [0.2, 0.25) is 0 Å². The van der Waals surface area contributed by atoms with Gasteiger partial charge in [-0.25, -0.2) is 0 Å². The summed E-state index contributed by atoms with van der Waals surface area (Å²) < 4.78 is 1.90. The summed E-state index contributed by atoms with van der Waals surface area (Å²) in [5.74, 6) is 0. The van der Waals surface area contributed by atoms with Gasteiger partial charge in [-0.05, 0) is 56.9 Å². The van der Waals surface area contributed by atoms with Crippen LogP contribution in [0.25, 0.3) is 0 Å². The third-order valence-corrected chi connectivity index (χ3v) is 4.09. The van der Waals surface area contributed by atoms with Crippen molar-refractivity contribution in [2.45, 2.75) is 40.7 Å². The van der Waals surface area contributed by atoms with Gasteiger partial charge in [0.05, 0.1) is 11.7 Å². The molecule has 2 aromatic rings. The van der Waals surface area contributed by atoms with Crippen molar-refractivity contribution < 1.29 is 0 Å². The van der Waals surface area contributed by atoms with Gasteiger partial charge >= 0.3 is 0 Å². The van der Waals surface area contributed by atoms with Gasteiger partial charge in [0.25, 0.3) is 0 Å². The second kappa shape index (κ2) is 4.82. The quantitative estimate of drug-likeness (QED) is 0.898. The van der Waals surface area contributed by atoms with Gasteiger partial charge in [-0.2, -0.15) is 5.10 Å². The summed E-state index contributed by atoms with van der Waals surface area (Å²) in [6, 6.07) is 4.32.